The molecular formula is C14H17N3O2. The van der Waals surface area contributed by atoms with E-state index in [1.807, 2.05) is 11.0 Å². The molecule has 0 unspecified atom stereocenters. The monoisotopic (exact) mass is 259 g/mol. The van der Waals surface area contributed by atoms with E-state index in [1.165, 1.54) is 0 Å². The van der Waals surface area contributed by atoms with Gasteiger partial charge in [0.1, 0.15) is 0 Å². The summed E-state index contributed by atoms with van der Waals surface area (Å²) in [4.78, 5) is 25.8. The summed E-state index contributed by atoms with van der Waals surface area (Å²) in [7, 11) is 0. The van der Waals surface area contributed by atoms with E-state index in [1.54, 1.807) is 12.1 Å². The van der Waals surface area contributed by atoms with Crippen LogP contribution in [0.15, 0.2) is 18.2 Å². The molecule has 0 spiro atoms. The third kappa shape index (κ3) is 2.00. The Hall–Kier alpha value is -1.88. The molecule has 3 rings (SSSR count). The predicted molar refractivity (Wildman–Crippen MR) is 70.7 cm³/mol. The summed E-state index contributed by atoms with van der Waals surface area (Å²) in [5, 5.41) is 3.29. The number of nitrogens with one attached hydrogen (secondary N) is 1. The first-order valence-corrected chi connectivity index (χ1v) is 6.62. The summed E-state index contributed by atoms with van der Waals surface area (Å²) in [6, 6.07) is 5.59. The van der Waals surface area contributed by atoms with Crippen LogP contribution < -0.4 is 11.1 Å². The smallest absolute Gasteiger partial charge is 0.255 e. The number of hydrogen-bond donors (Lipinski definition) is 2. The third-order valence-electron chi connectivity index (χ3n) is 3.98. The average molecular weight is 259 g/mol. The van der Waals surface area contributed by atoms with E-state index in [0.717, 1.165) is 31.5 Å². The number of fused-ring (bicyclic) bond motifs is 1. The zero-order chi connectivity index (χ0) is 13.4. The Morgan fingerprint density at radius 3 is 2.74 bits per heavy atom. The highest BCUT2D eigenvalue weighted by atomic mass is 16.2. The van der Waals surface area contributed by atoms with Crippen LogP contribution in [0.25, 0.3) is 0 Å². The first-order chi connectivity index (χ1) is 9.18. The van der Waals surface area contributed by atoms with Crippen molar-refractivity contribution in [3.8, 4) is 0 Å². The van der Waals surface area contributed by atoms with Gasteiger partial charge < -0.3 is 16.0 Å². The summed E-state index contributed by atoms with van der Waals surface area (Å²) >= 11 is 0. The lowest BCUT2D eigenvalue weighted by Crippen LogP contribution is -2.43. The molecule has 0 saturated carbocycles. The molecule has 5 nitrogen and oxygen atoms in total. The van der Waals surface area contributed by atoms with E-state index in [4.69, 9.17) is 5.73 Å². The lowest BCUT2D eigenvalue weighted by atomic mass is 10.0. The fourth-order valence-electron chi connectivity index (χ4n) is 3.00. The SMILES string of the molecule is NC(=O)c1cccc2c1C(=O)N(C1CCNCC1)C2. The molecule has 1 fully saturated rings. The Balaban J connectivity index is 1.93. The van der Waals surface area contributed by atoms with Gasteiger partial charge in [0.15, 0.2) is 0 Å². The fraction of sp³-hybridized carbons (Fsp3) is 0.429. The van der Waals surface area contributed by atoms with Gasteiger partial charge in [-0.2, -0.15) is 0 Å². The molecule has 1 saturated heterocycles. The summed E-state index contributed by atoms with van der Waals surface area (Å²) < 4.78 is 0. The van der Waals surface area contributed by atoms with E-state index >= 15 is 0 Å². The highest BCUT2D eigenvalue weighted by molar-refractivity contribution is 6.09. The molecule has 0 radical (unpaired) electrons. The van der Waals surface area contributed by atoms with Crippen LogP contribution >= 0.6 is 0 Å². The van der Waals surface area contributed by atoms with Gasteiger partial charge in [-0.1, -0.05) is 12.1 Å². The topological polar surface area (TPSA) is 75.4 Å². The second-order valence-corrected chi connectivity index (χ2v) is 5.12. The number of rotatable bonds is 2. The minimum atomic E-state index is -0.530. The number of benzene rings is 1. The number of piperidine rings is 1. The summed E-state index contributed by atoms with van der Waals surface area (Å²) in [6.07, 6.45) is 1.93. The summed E-state index contributed by atoms with van der Waals surface area (Å²) in [5.74, 6) is -0.575. The predicted octanol–water partition coefficient (Wildman–Crippen LogP) is 0.493. The number of amides is 2. The lowest BCUT2D eigenvalue weighted by molar-refractivity contribution is 0.0665. The standard InChI is InChI=1S/C14H17N3O2/c15-13(18)11-3-1-2-9-8-17(14(19)12(9)11)10-4-6-16-7-5-10/h1-3,10,16H,4-8H2,(H2,15,18). The molecule has 0 aromatic heterocycles. The Morgan fingerprint density at radius 1 is 1.32 bits per heavy atom. The number of carbonyl (C=O) groups is 2. The van der Waals surface area contributed by atoms with Gasteiger partial charge in [-0.05, 0) is 37.6 Å². The zero-order valence-electron chi connectivity index (χ0n) is 10.7. The molecular weight excluding hydrogens is 242 g/mol. The van der Waals surface area contributed by atoms with Crippen molar-refractivity contribution >= 4 is 11.8 Å². The molecule has 3 N–H and O–H groups in total. The van der Waals surface area contributed by atoms with Crippen LogP contribution in [-0.4, -0.2) is 35.8 Å². The van der Waals surface area contributed by atoms with E-state index < -0.39 is 5.91 Å². The van der Waals surface area contributed by atoms with Crippen molar-refractivity contribution in [2.75, 3.05) is 13.1 Å². The van der Waals surface area contributed by atoms with Crippen molar-refractivity contribution in [3.63, 3.8) is 0 Å². The number of carbonyl (C=O) groups excluding carboxylic acids is 2. The van der Waals surface area contributed by atoms with Gasteiger partial charge >= 0.3 is 0 Å². The molecule has 0 aliphatic carbocycles. The summed E-state index contributed by atoms with van der Waals surface area (Å²) in [6.45, 7) is 2.47. The second-order valence-electron chi connectivity index (χ2n) is 5.12. The normalized spacial score (nSPS) is 19.6. The molecule has 0 atom stereocenters. The van der Waals surface area contributed by atoms with Crippen LogP contribution in [0.3, 0.4) is 0 Å². The highest BCUT2D eigenvalue weighted by Crippen LogP contribution is 2.29. The first kappa shape index (κ1) is 12.2. The molecule has 2 amide bonds. The van der Waals surface area contributed by atoms with Gasteiger partial charge in [-0.15, -0.1) is 0 Å². The number of nitrogens with two attached hydrogens (primary N) is 1. The highest BCUT2D eigenvalue weighted by Gasteiger charge is 2.35. The van der Waals surface area contributed by atoms with Crippen molar-refractivity contribution in [3.05, 3.63) is 34.9 Å². The summed E-state index contributed by atoms with van der Waals surface area (Å²) in [5.41, 5.74) is 7.12. The molecule has 0 bridgehead atoms. The first-order valence-electron chi connectivity index (χ1n) is 6.62. The van der Waals surface area contributed by atoms with Crippen molar-refractivity contribution in [2.24, 2.45) is 5.73 Å². The number of primary amides is 1. The minimum Gasteiger partial charge on any atom is -0.366 e. The second kappa shape index (κ2) is 4.66. The Bertz CT molecular complexity index is 535. The fourth-order valence-corrected chi connectivity index (χ4v) is 3.00. The van der Waals surface area contributed by atoms with E-state index in [0.29, 0.717) is 17.7 Å². The Kier molecular flexibility index (Phi) is 2.98. The van der Waals surface area contributed by atoms with Crippen molar-refractivity contribution in [1.29, 1.82) is 0 Å². The lowest BCUT2D eigenvalue weighted by Gasteiger charge is -2.31. The van der Waals surface area contributed by atoms with Gasteiger partial charge in [0.05, 0.1) is 11.1 Å². The molecule has 2 aliphatic heterocycles. The van der Waals surface area contributed by atoms with Gasteiger partial charge in [0.2, 0.25) is 5.91 Å². The largest absolute Gasteiger partial charge is 0.366 e. The van der Waals surface area contributed by atoms with Gasteiger partial charge in [0, 0.05) is 12.6 Å². The van der Waals surface area contributed by atoms with Crippen molar-refractivity contribution in [1.82, 2.24) is 10.2 Å². The van der Waals surface area contributed by atoms with Gasteiger partial charge in [-0.3, -0.25) is 9.59 Å². The zero-order valence-corrected chi connectivity index (χ0v) is 10.7. The van der Waals surface area contributed by atoms with Crippen LogP contribution in [0, 0.1) is 0 Å². The maximum absolute atomic E-state index is 12.5. The molecule has 2 aliphatic rings. The van der Waals surface area contributed by atoms with Crippen LogP contribution in [0.4, 0.5) is 0 Å². The minimum absolute atomic E-state index is 0.0451. The number of hydrogen-bond acceptors (Lipinski definition) is 3. The Morgan fingerprint density at radius 2 is 2.05 bits per heavy atom. The molecule has 1 aromatic rings. The van der Waals surface area contributed by atoms with Crippen molar-refractivity contribution < 1.29 is 9.59 Å². The molecule has 5 heteroatoms. The maximum atomic E-state index is 12.5. The molecule has 100 valence electrons. The third-order valence-corrected chi connectivity index (χ3v) is 3.98. The quantitative estimate of drug-likeness (QED) is 0.811. The van der Waals surface area contributed by atoms with E-state index in [-0.39, 0.29) is 11.9 Å². The molecule has 19 heavy (non-hydrogen) atoms. The maximum Gasteiger partial charge on any atom is 0.255 e. The van der Waals surface area contributed by atoms with Crippen LogP contribution in [-0.2, 0) is 6.54 Å². The van der Waals surface area contributed by atoms with Gasteiger partial charge in [0.25, 0.3) is 5.91 Å². The van der Waals surface area contributed by atoms with Gasteiger partial charge in [-0.25, -0.2) is 0 Å². The Labute approximate surface area is 111 Å². The average Bonchev–Trinajstić information content (AvgIpc) is 2.77. The van der Waals surface area contributed by atoms with Crippen LogP contribution in [0.1, 0.15) is 39.1 Å². The number of nitrogens with zero attached hydrogens (tertiary/aromatic N) is 1. The van der Waals surface area contributed by atoms with E-state index in [9.17, 15) is 9.59 Å². The molecule has 2 heterocycles. The molecule has 1 aromatic carbocycles. The van der Waals surface area contributed by atoms with Crippen molar-refractivity contribution in [2.45, 2.75) is 25.4 Å². The van der Waals surface area contributed by atoms with E-state index in [2.05, 4.69) is 5.32 Å². The van der Waals surface area contributed by atoms with Crippen LogP contribution in [0.2, 0.25) is 0 Å². The van der Waals surface area contributed by atoms with Crippen LogP contribution in [0.5, 0.6) is 0 Å².